The maximum Gasteiger partial charge on any atom is 0.0676 e. The molecule has 0 aliphatic heterocycles. The molecule has 2 N–H and O–H groups in total. The number of hydrogen-bond donors (Lipinski definition) is 1. The molecule has 4 heteroatoms. The van der Waals surface area contributed by atoms with Gasteiger partial charge in [-0.15, -0.1) is 0 Å². The van der Waals surface area contributed by atoms with Gasteiger partial charge in [-0.2, -0.15) is 11.3 Å². The summed E-state index contributed by atoms with van der Waals surface area (Å²) in [4.78, 5) is 7.08. The van der Waals surface area contributed by atoms with Gasteiger partial charge < -0.3 is 5.73 Å². The Hall–Kier alpha value is -1.23. The molecule has 2 atom stereocenters. The minimum absolute atomic E-state index is 0.0733. The predicted octanol–water partition coefficient (Wildman–Crippen LogP) is 3.20. The van der Waals surface area contributed by atoms with Crippen LogP contribution in [0.15, 0.2) is 41.2 Å². The van der Waals surface area contributed by atoms with E-state index >= 15 is 0 Å². The highest BCUT2D eigenvalue weighted by atomic mass is 32.1. The lowest BCUT2D eigenvalue weighted by molar-refractivity contribution is 0.154. The molecular formula is C16H21N3S. The van der Waals surface area contributed by atoms with Crippen molar-refractivity contribution in [3.63, 3.8) is 0 Å². The van der Waals surface area contributed by atoms with E-state index in [1.54, 1.807) is 11.3 Å². The maximum absolute atomic E-state index is 6.29. The fraction of sp³-hybridized carbons (Fsp3) is 0.438. The van der Waals surface area contributed by atoms with E-state index in [0.717, 1.165) is 12.2 Å². The van der Waals surface area contributed by atoms with E-state index in [9.17, 15) is 0 Å². The van der Waals surface area contributed by atoms with Crippen LogP contribution in [-0.2, 0) is 6.54 Å². The van der Waals surface area contributed by atoms with Crippen LogP contribution in [0.3, 0.4) is 0 Å². The van der Waals surface area contributed by atoms with E-state index in [-0.39, 0.29) is 12.1 Å². The summed E-state index contributed by atoms with van der Waals surface area (Å²) in [5.41, 5.74) is 8.75. The average molecular weight is 287 g/mol. The zero-order chi connectivity index (χ0) is 13.9. The first-order chi connectivity index (χ1) is 9.75. The summed E-state index contributed by atoms with van der Waals surface area (Å²) in [7, 11) is 0. The molecule has 0 bridgehead atoms. The maximum atomic E-state index is 6.29. The Bertz CT molecular complexity index is 520. The van der Waals surface area contributed by atoms with Crippen LogP contribution < -0.4 is 5.73 Å². The molecule has 0 aromatic carbocycles. The first kappa shape index (κ1) is 13.7. The van der Waals surface area contributed by atoms with E-state index in [0.29, 0.717) is 6.04 Å². The van der Waals surface area contributed by atoms with Crippen molar-refractivity contribution in [2.75, 3.05) is 0 Å². The normalized spacial score (nSPS) is 18.1. The molecule has 2 heterocycles. The van der Waals surface area contributed by atoms with Crippen LogP contribution in [0.4, 0.5) is 0 Å². The molecule has 2 unspecified atom stereocenters. The largest absolute Gasteiger partial charge is 0.326 e. The van der Waals surface area contributed by atoms with E-state index in [1.807, 2.05) is 18.3 Å². The minimum Gasteiger partial charge on any atom is -0.326 e. The molecule has 0 amide bonds. The lowest BCUT2D eigenvalue weighted by Gasteiger charge is -2.34. The third-order valence-corrected chi connectivity index (χ3v) is 4.54. The third kappa shape index (κ3) is 3.08. The minimum atomic E-state index is 0.0733. The van der Waals surface area contributed by atoms with Gasteiger partial charge in [0.05, 0.1) is 11.7 Å². The van der Waals surface area contributed by atoms with Gasteiger partial charge in [-0.3, -0.25) is 9.88 Å². The molecule has 1 fully saturated rings. The first-order valence-corrected chi connectivity index (χ1v) is 8.13. The van der Waals surface area contributed by atoms with Crippen molar-refractivity contribution < 1.29 is 0 Å². The average Bonchev–Trinajstić information content (AvgIpc) is 3.17. The zero-order valence-corrected chi connectivity index (χ0v) is 12.6. The number of nitrogens with zero attached hydrogens (tertiary/aromatic N) is 2. The Balaban J connectivity index is 1.86. The van der Waals surface area contributed by atoms with Gasteiger partial charge in [0.15, 0.2) is 0 Å². The van der Waals surface area contributed by atoms with Gasteiger partial charge in [-0.05, 0) is 54.3 Å². The van der Waals surface area contributed by atoms with Crippen molar-refractivity contribution in [1.82, 2.24) is 9.88 Å². The second kappa shape index (κ2) is 6.04. The first-order valence-electron chi connectivity index (χ1n) is 7.19. The summed E-state index contributed by atoms with van der Waals surface area (Å²) in [6.07, 6.45) is 4.42. The molecule has 3 rings (SSSR count). The topological polar surface area (TPSA) is 42.1 Å². The highest BCUT2D eigenvalue weighted by molar-refractivity contribution is 7.07. The molecular weight excluding hydrogens is 266 g/mol. The van der Waals surface area contributed by atoms with Crippen LogP contribution >= 0.6 is 11.3 Å². The van der Waals surface area contributed by atoms with Crippen LogP contribution in [0.5, 0.6) is 0 Å². The van der Waals surface area contributed by atoms with Crippen LogP contribution in [-0.4, -0.2) is 22.0 Å². The lowest BCUT2D eigenvalue weighted by atomic mass is 10.0. The summed E-state index contributed by atoms with van der Waals surface area (Å²) in [5.74, 6) is 0. The molecule has 20 heavy (non-hydrogen) atoms. The smallest absolute Gasteiger partial charge is 0.0676 e. The van der Waals surface area contributed by atoms with Crippen molar-refractivity contribution in [1.29, 1.82) is 0 Å². The SMILES string of the molecule is CC(N)C(c1ccccn1)N(Cc1ccsc1)C1CC1. The number of rotatable bonds is 6. The molecule has 0 saturated heterocycles. The highest BCUT2D eigenvalue weighted by Crippen LogP contribution is 2.36. The van der Waals surface area contributed by atoms with Gasteiger partial charge in [0.2, 0.25) is 0 Å². The third-order valence-electron chi connectivity index (χ3n) is 3.81. The molecule has 0 radical (unpaired) electrons. The Kier molecular flexibility index (Phi) is 4.15. The molecule has 106 valence electrons. The fourth-order valence-corrected chi connectivity index (χ4v) is 3.41. The van der Waals surface area contributed by atoms with E-state index < -0.39 is 0 Å². The predicted molar refractivity (Wildman–Crippen MR) is 83.5 cm³/mol. The van der Waals surface area contributed by atoms with Crippen LogP contribution in [0.2, 0.25) is 0 Å². The van der Waals surface area contributed by atoms with E-state index in [1.165, 1.54) is 18.4 Å². The Morgan fingerprint density at radius 3 is 2.80 bits per heavy atom. The van der Waals surface area contributed by atoms with Crippen LogP contribution in [0.25, 0.3) is 0 Å². The van der Waals surface area contributed by atoms with Crippen molar-refractivity contribution in [3.8, 4) is 0 Å². The molecule has 1 saturated carbocycles. The second-order valence-electron chi connectivity index (χ2n) is 5.59. The van der Waals surface area contributed by atoms with Crippen LogP contribution in [0, 0.1) is 0 Å². The van der Waals surface area contributed by atoms with E-state index in [4.69, 9.17) is 5.73 Å². The monoisotopic (exact) mass is 287 g/mol. The number of pyridine rings is 1. The van der Waals surface area contributed by atoms with Crippen molar-refractivity contribution >= 4 is 11.3 Å². The Labute approximate surface area is 124 Å². The standard InChI is InChI=1S/C16H21N3S/c1-12(17)16(15-4-2-3-8-18-15)19(14-5-6-14)10-13-7-9-20-11-13/h2-4,7-9,11-12,14,16H,5-6,10,17H2,1H3. The summed E-state index contributed by atoms with van der Waals surface area (Å²) in [6.45, 7) is 3.05. The molecule has 2 aromatic rings. The molecule has 3 nitrogen and oxygen atoms in total. The quantitative estimate of drug-likeness (QED) is 0.887. The fourth-order valence-electron chi connectivity index (χ4n) is 2.75. The van der Waals surface area contributed by atoms with Gasteiger partial charge in [0.1, 0.15) is 0 Å². The van der Waals surface area contributed by atoms with Gasteiger partial charge in [0, 0.05) is 24.8 Å². The second-order valence-corrected chi connectivity index (χ2v) is 6.37. The molecule has 0 spiro atoms. The van der Waals surface area contributed by atoms with Crippen molar-refractivity contribution in [3.05, 3.63) is 52.5 Å². The lowest BCUT2D eigenvalue weighted by Crippen LogP contribution is -2.40. The summed E-state index contributed by atoms with van der Waals surface area (Å²) in [5, 5.41) is 4.37. The zero-order valence-electron chi connectivity index (χ0n) is 11.8. The number of nitrogens with two attached hydrogens (primary N) is 1. The van der Waals surface area contributed by atoms with Crippen molar-refractivity contribution in [2.45, 2.75) is 44.4 Å². The van der Waals surface area contributed by atoms with Gasteiger partial charge >= 0.3 is 0 Å². The van der Waals surface area contributed by atoms with Crippen LogP contribution in [0.1, 0.15) is 37.1 Å². The summed E-state index contributed by atoms with van der Waals surface area (Å²) in [6, 6.07) is 9.24. The Morgan fingerprint density at radius 2 is 2.25 bits per heavy atom. The van der Waals surface area contributed by atoms with Crippen molar-refractivity contribution in [2.24, 2.45) is 5.73 Å². The molecule has 1 aliphatic carbocycles. The molecule has 2 aromatic heterocycles. The number of aromatic nitrogens is 1. The van der Waals surface area contributed by atoms with Gasteiger partial charge in [-0.1, -0.05) is 6.07 Å². The van der Waals surface area contributed by atoms with E-state index in [2.05, 4.69) is 39.7 Å². The molecule has 1 aliphatic rings. The summed E-state index contributed by atoms with van der Waals surface area (Å²) >= 11 is 1.76. The van der Waals surface area contributed by atoms with Gasteiger partial charge in [-0.25, -0.2) is 0 Å². The number of thiophene rings is 1. The summed E-state index contributed by atoms with van der Waals surface area (Å²) < 4.78 is 0. The Morgan fingerprint density at radius 1 is 1.40 bits per heavy atom. The highest BCUT2D eigenvalue weighted by Gasteiger charge is 2.36. The number of hydrogen-bond acceptors (Lipinski definition) is 4. The van der Waals surface area contributed by atoms with Gasteiger partial charge in [0.25, 0.3) is 0 Å².